The molecule has 0 aliphatic heterocycles. The summed E-state index contributed by atoms with van der Waals surface area (Å²) >= 11 is 0. The Balaban J connectivity index is 2.33. The van der Waals surface area contributed by atoms with Crippen molar-refractivity contribution in [2.24, 2.45) is 11.7 Å². The molecule has 1 aliphatic carbocycles. The Morgan fingerprint density at radius 3 is 2.69 bits per heavy atom. The molecule has 3 unspecified atom stereocenters. The zero-order valence-corrected chi connectivity index (χ0v) is 10.4. The zero-order chi connectivity index (χ0) is 12.1. The van der Waals surface area contributed by atoms with Gasteiger partial charge in [0.15, 0.2) is 0 Å². The molecular weight excluding hydrogens is 204 g/mol. The second-order valence-electron chi connectivity index (χ2n) is 5.04. The van der Waals surface area contributed by atoms with Crippen molar-refractivity contribution in [2.45, 2.75) is 51.1 Å². The molecule has 0 aromatic carbocycles. The molecule has 0 amide bonds. The average molecular weight is 228 g/mol. The van der Waals surface area contributed by atoms with Gasteiger partial charge in [0, 0.05) is 12.6 Å². The molecule has 0 bridgehead atoms. The molecule has 0 radical (unpaired) electrons. The van der Waals surface area contributed by atoms with Crippen molar-refractivity contribution < 1.29 is 9.90 Å². The quantitative estimate of drug-likeness (QED) is 0.744. The third-order valence-electron chi connectivity index (χ3n) is 3.74. The van der Waals surface area contributed by atoms with Crippen LogP contribution >= 0.6 is 0 Å². The van der Waals surface area contributed by atoms with Crippen LogP contribution in [0.1, 0.15) is 39.0 Å². The third kappa shape index (κ3) is 3.76. The fraction of sp³-hybridized carbons (Fsp3) is 0.917. The van der Waals surface area contributed by atoms with Gasteiger partial charge in [-0.2, -0.15) is 0 Å². The summed E-state index contributed by atoms with van der Waals surface area (Å²) in [4.78, 5) is 12.9. The highest BCUT2D eigenvalue weighted by atomic mass is 16.4. The number of carboxylic acids is 1. The first-order valence-electron chi connectivity index (χ1n) is 6.21. The number of carboxylic acid groups (broad SMARTS) is 1. The SMILES string of the molecule is CC1CCCCC1N(C)CCC(N)C(=O)O. The Morgan fingerprint density at radius 2 is 2.12 bits per heavy atom. The lowest BCUT2D eigenvalue weighted by atomic mass is 9.85. The second kappa shape index (κ2) is 6.21. The minimum absolute atomic E-state index is 0.537. The van der Waals surface area contributed by atoms with E-state index in [0.717, 1.165) is 12.5 Å². The third-order valence-corrected chi connectivity index (χ3v) is 3.74. The van der Waals surface area contributed by atoms with Gasteiger partial charge in [0.2, 0.25) is 0 Å². The van der Waals surface area contributed by atoms with Crippen molar-refractivity contribution in [3.63, 3.8) is 0 Å². The van der Waals surface area contributed by atoms with E-state index in [1.807, 2.05) is 0 Å². The summed E-state index contributed by atoms with van der Waals surface area (Å²) in [7, 11) is 2.08. The first-order valence-corrected chi connectivity index (χ1v) is 6.21. The van der Waals surface area contributed by atoms with Gasteiger partial charge in [0.05, 0.1) is 0 Å². The van der Waals surface area contributed by atoms with Crippen LogP contribution in [0, 0.1) is 5.92 Å². The van der Waals surface area contributed by atoms with Gasteiger partial charge in [0.25, 0.3) is 0 Å². The van der Waals surface area contributed by atoms with Crippen LogP contribution < -0.4 is 5.73 Å². The fourth-order valence-electron chi connectivity index (χ4n) is 2.58. The molecule has 1 aliphatic rings. The summed E-state index contributed by atoms with van der Waals surface area (Å²) in [5, 5.41) is 8.71. The van der Waals surface area contributed by atoms with E-state index in [2.05, 4.69) is 18.9 Å². The molecule has 0 spiro atoms. The van der Waals surface area contributed by atoms with Gasteiger partial charge in [-0.25, -0.2) is 0 Å². The predicted octanol–water partition coefficient (Wildman–Crippen LogP) is 1.30. The normalized spacial score (nSPS) is 28.0. The first kappa shape index (κ1) is 13.5. The van der Waals surface area contributed by atoms with E-state index >= 15 is 0 Å². The van der Waals surface area contributed by atoms with Crippen molar-refractivity contribution in [3.05, 3.63) is 0 Å². The minimum Gasteiger partial charge on any atom is -0.480 e. The van der Waals surface area contributed by atoms with E-state index in [4.69, 9.17) is 10.8 Å². The van der Waals surface area contributed by atoms with Crippen LogP contribution in [0.4, 0.5) is 0 Å². The summed E-state index contributed by atoms with van der Waals surface area (Å²) < 4.78 is 0. The van der Waals surface area contributed by atoms with Gasteiger partial charge in [0.1, 0.15) is 6.04 Å². The number of carbonyl (C=O) groups is 1. The van der Waals surface area contributed by atoms with Gasteiger partial charge < -0.3 is 15.7 Å². The lowest BCUT2D eigenvalue weighted by Gasteiger charge is -2.36. The highest BCUT2D eigenvalue weighted by Gasteiger charge is 2.25. The van der Waals surface area contributed by atoms with Crippen molar-refractivity contribution in [3.8, 4) is 0 Å². The number of aliphatic carboxylic acids is 1. The number of hydrogen-bond acceptors (Lipinski definition) is 3. The number of nitrogens with two attached hydrogens (primary N) is 1. The molecule has 4 heteroatoms. The molecule has 3 N–H and O–H groups in total. The predicted molar refractivity (Wildman–Crippen MR) is 64.3 cm³/mol. The van der Waals surface area contributed by atoms with Crippen LogP contribution in [0.2, 0.25) is 0 Å². The topological polar surface area (TPSA) is 66.6 Å². The Kier molecular flexibility index (Phi) is 5.22. The molecule has 1 rings (SSSR count). The van der Waals surface area contributed by atoms with Crippen molar-refractivity contribution in [2.75, 3.05) is 13.6 Å². The molecule has 0 aromatic rings. The van der Waals surface area contributed by atoms with Crippen molar-refractivity contribution in [1.82, 2.24) is 4.90 Å². The molecular formula is C12H24N2O2. The average Bonchev–Trinajstić information content (AvgIpc) is 2.25. The van der Waals surface area contributed by atoms with Crippen LogP contribution in [-0.4, -0.2) is 41.7 Å². The summed E-state index contributed by atoms with van der Waals surface area (Å²) in [6.07, 6.45) is 5.69. The Hall–Kier alpha value is -0.610. The standard InChI is InChI=1S/C12H24N2O2/c1-9-5-3-4-6-11(9)14(2)8-7-10(13)12(15)16/h9-11H,3-8,13H2,1-2H3,(H,15,16). The van der Waals surface area contributed by atoms with Gasteiger partial charge in [-0.15, -0.1) is 0 Å². The first-order chi connectivity index (χ1) is 7.52. The van der Waals surface area contributed by atoms with Gasteiger partial charge in [-0.3, -0.25) is 4.79 Å². The molecule has 4 nitrogen and oxygen atoms in total. The largest absolute Gasteiger partial charge is 0.480 e. The van der Waals surface area contributed by atoms with E-state index in [1.165, 1.54) is 25.7 Å². The lowest BCUT2D eigenvalue weighted by molar-refractivity contribution is -0.138. The number of hydrogen-bond donors (Lipinski definition) is 2. The van der Waals surface area contributed by atoms with E-state index in [0.29, 0.717) is 12.5 Å². The van der Waals surface area contributed by atoms with Crippen LogP contribution in [0.3, 0.4) is 0 Å². The number of nitrogens with zero attached hydrogens (tertiary/aromatic N) is 1. The smallest absolute Gasteiger partial charge is 0.320 e. The Bertz CT molecular complexity index is 233. The Morgan fingerprint density at radius 1 is 1.50 bits per heavy atom. The van der Waals surface area contributed by atoms with Crippen molar-refractivity contribution >= 4 is 5.97 Å². The van der Waals surface area contributed by atoms with Gasteiger partial charge in [-0.1, -0.05) is 19.8 Å². The molecule has 0 heterocycles. The molecule has 94 valence electrons. The highest BCUT2D eigenvalue weighted by Crippen LogP contribution is 2.27. The summed E-state index contributed by atoms with van der Waals surface area (Å²) in [5.41, 5.74) is 5.50. The van der Waals surface area contributed by atoms with E-state index < -0.39 is 12.0 Å². The summed E-state index contributed by atoms with van der Waals surface area (Å²) in [6, 6.07) is -0.115. The maximum absolute atomic E-state index is 10.6. The monoisotopic (exact) mass is 228 g/mol. The molecule has 0 aromatic heterocycles. The lowest BCUT2D eigenvalue weighted by Crippen LogP contribution is -2.42. The molecule has 1 saturated carbocycles. The van der Waals surface area contributed by atoms with E-state index in [1.54, 1.807) is 0 Å². The fourth-order valence-corrected chi connectivity index (χ4v) is 2.58. The maximum atomic E-state index is 10.6. The van der Waals surface area contributed by atoms with Crippen LogP contribution in [-0.2, 0) is 4.79 Å². The van der Waals surface area contributed by atoms with Crippen LogP contribution in [0.25, 0.3) is 0 Å². The number of rotatable bonds is 5. The second-order valence-corrected chi connectivity index (χ2v) is 5.04. The molecule has 1 fully saturated rings. The molecule has 16 heavy (non-hydrogen) atoms. The Labute approximate surface area is 97.8 Å². The maximum Gasteiger partial charge on any atom is 0.320 e. The van der Waals surface area contributed by atoms with Gasteiger partial charge in [-0.05, 0) is 32.2 Å². The van der Waals surface area contributed by atoms with Crippen LogP contribution in [0.15, 0.2) is 0 Å². The minimum atomic E-state index is -0.898. The van der Waals surface area contributed by atoms with Crippen molar-refractivity contribution in [1.29, 1.82) is 0 Å². The highest BCUT2D eigenvalue weighted by molar-refractivity contribution is 5.72. The zero-order valence-electron chi connectivity index (χ0n) is 10.4. The van der Waals surface area contributed by atoms with E-state index in [9.17, 15) is 4.79 Å². The van der Waals surface area contributed by atoms with Crippen LogP contribution in [0.5, 0.6) is 0 Å². The molecule has 3 atom stereocenters. The molecule has 0 saturated heterocycles. The summed E-state index contributed by atoms with van der Waals surface area (Å²) in [5.74, 6) is -0.176. The summed E-state index contributed by atoms with van der Waals surface area (Å²) in [6.45, 7) is 3.07. The van der Waals surface area contributed by atoms with E-state index in [-0.39, 0.29) is 0 Å². The van der Waals surface area contributed by atoms with Gasteiger partial charge >= 0.3 is 5.97 Å².